The van der Waals surface area contributed by atoms with E-state index in [9.17, 15) is 0 Å². The Morgan fingerprint density at radius 1 is 0.720 bits per heavy atom. The molecule has 25 heavy (non-hydrogen) atoms. The Bertz CT molecular complexity index is 677. The average molecular weight is 340 g/mol. The summed E-state index contributed by atoms with van der Waals surface area (Å²) in [4.78, 5) is 5.04. The van der Waals surface area contributed by atoms with E-state index in [-0.39, 0.29) is 0 Å². The van der Waals surface area contributed by atoms with Gasteiger partial charge in [0.15, 0.2) is 11.5 Å². The third kappa shape index (κ3) is 4.74. The van der Waals surface area contributed by atoms with Crippen molar-refractivity contribution in [2.75, 3.05) is 40.4 Å². The van der Waals surface area contributed by atoms with Gasteiger partial charge >= 0.3 is 0 Å². The summed E-state index contributed by atoms with van der Waals surface area (Å²) in [6.07, 6.45) is 0. The molecule has 1 aliphatic rings. The van der Waals surface area contributed by atoms with Gasteiger partial charge in [0.05, 0.1) is 14.2 Å². The van der Waals surface area contributed by atoms with Crippen molar-refractivity contribution in [3.63, 3.8) is 0 Å². The van der Waals surface area contributed by atoms with Gasteiger partial charge in [0, 0.05) is 39.3 Å². The van der Waals surface area contributed by atoms with Crippen LogP contribution in [0.3, 0.4) is 0 Å². The smallest absolute Gasteiger partial charge is 0.161 e. The topological polar surface area (TPSA) is 24.9 Å². The highest BCUT2D eigenvalue weighted by Gasteiger charge is 2.17. The largest absolute Gasteiger partial charge is 0.493 e. The van der Waals surface area contributed by atoms with Crippen molar-refractivity contribution in [2.24, 2.45) is 0 Å². The van der Waals surface area contributed by atoms with Gasteiger partial charge in [0.25, 0.3) is 0 Å². The third-order valence-electron chi connectivity index (χ3n) is 4.85. The molecule has 1 aliphatic heterocycles. The van der Waals surface area contributed by atoms with Crippen molar-refractivity contribution in [3.8, 4) is 11.5 Å². The van der Waals surface area contributed by atoms with Crippen molar-refractivity contribution in [1.29, 1.82) is 0 Å². The molecular formula is C21H28N2O2. The van der Waals surface area contributed by atoms with Crippen molar-refractivity contribution < 1.29 is 9.47 Å². The average Bonchev–Trinajstić information content (AvgIpc) is 2.65. The molecule has 4 nitrogen and oxygen atoms in total. The number of ether oxygens (including phenoxy) is 2. The Labute approximate surface area is 151 Å². The Hall–Kier alpha value is -2.04. The molecule has 2 aromatic carbocycles. The van der Waals surface area contributed by atoms with Gasteiger partial charge in [-0.05, 0) is 30.2 Å². The zero-order valence-electron chi connectivity index (χ0n) is 15.5. The van der Waals surface area contributed by atoms with E-state index in [1.54, 1.807) is 14.2 Å². The molecule has 1 heterocycles. The van der Waals surface area contributed by atoms with Crippen LogP contribution >= 0.6 is 0 Å². The lowest BCUT2D eigenvalue weighted by Gasteiger charge is -2.34. The van der Waals surface area contributed by atoms with Crippen LogP contribution in [0.2, 0.25) is 0 Å². The highest BCUT2D eigenvalue weighted by atomic mass is 16.5. The molecule has 2 aromatic rings. The van der Waals surface area contributed by atoms with E-state index < -0.39 is 0 Å². The van der Waals surface area contributed by atoms with E-state index in [1.807, 2.05) is 6.07 Å². The number of piperazine rings is 1. The number of rotatable bonds is 6. The predicted octanol–water partition coefficient (Wildman–Crippen LogP) is 3.33. The van der Waals surface area contributed by atoms with Crippen LogP contribution in [0.15, 0.2) is 42.5 Å². The molecule has 0 aromatic heterocycles. The van der Waals surface area contributed by atoms with Crippen molar-refractivity contribution in [1.82, 2.24) is 9.80 Å². The molecule has 1 fully saturated rings. The molecule has 0 atom stereocenters. The van der Waals surface area contributed by atoms with E-state index in [0.717, 1.165) is 50.8 Å². The minimum absolute atomic E-state index is 0.786. The maximum absolute atomic E-state index is 5.41. The second kappa shape index (κ2) is 8.37. The van der Waals surface area contributed by atoms with Gasteiger partial charge in [-0.25, -0.2) is 0 Å². The lowest BCUT2D eigenvalue weighted by Crippen LogP contribution is -2.45. The van der Waals surface area contributed by atoms with Crippen LogP contribution in [-0.4, -0.2) is 50.2 Å². The van der Waals surface area contributed by atoms with Crippen molar-refractivity contribution in [3.05, 3.63) is 59.2 Å². The molecule has 0 amide bonds. The van der Waals surface area contributed by atoms with Crippen LogP contribution in [0.5, 0.6) is 11.5 Å². The molecular weight excluding hydrogens is 312 g/mol. The van der Waals surface area contributed by atoms with Gasteiger partial charge in [-0.3, -0.25) is 9.80 Å². The first-order chi connectivity index (χ1) is 12.2. The van der Waals surface area contributed by atoms with Gasteiger partial charge in [0.2, 0.25) is 0 Å². The molecule has 0 aliphatic carbocycles. The van der Waals surface area contributed by atoms with Gasteiger partial charge in [-0.2, -0.15) is 0 Å². The fourth-order valence-corrected chi connectivity index (χ4v) is 3.29. The summed E-state index contributed by atoms with van der Waals surface area (Å²) >= 11 is 0. The fourth-order valence-electron chi connectivity index (χ4n) is 3.29. The number of hydrogen-bond acceptors (Lipinski definition) is 4. The van der Waals surface area contributed by atoms with E-state index >= 15 is 0 Å². The second-order valence-electron chi connectivity index (χ2n) is 6.73. The lowest BCUT2D eigenvalue weighted by atomic mass is 10.1. The minimum Gasteiger partial charge on any atom is -0.493 e. The highest BCUT2D eigenvalue weighted by Crippen LogP contribution is 2.28. The Balaban J connectivity index is 1.51. The first-order valence-electron chi connectivity index (χ1n) is 8.89. The molecule has 134 valence electrons. The number of methoxy groups -OCH3 is 2. The highest BCUT2D eigenvalue weighted by molar-refractivity contribution is 5.42. The quantitative estimate of drug-likeness (QED) is 0.805. The number of aryl methyl sites for hydroxylation is 1. The lowest BCUT2D eigenvalue weighted by molar-refractivity contribution is 0.122. The van der Waals surface area contributed by atoms with Crippen molar-refractivity contribution in [2.45, 2.75) is 20.0 Å². The van der Waals surface area contributed by atoms with E-state index in [2.05, 4.69) is 53.1 Å². The van der Waals surface area contributed by atoms with Crippen LogP contribution < -0.4 is 9.47 Å². The van der Waals surface area contributed by atoms with Crippen LogP contribution in [0, 0.1) is 6.92 Å². The summed E-state index contributed by atoms with van der Waals surface area (Å²) in [5.74, 6) is 1.59. The fraction of sp³-hybridized carbons (Fsp3) is 0.429. The summed E-state index contributed by atoms with van der Waals surface area (Å²) in [5, 5.41) is 0. The molecule has 0 N–H and O–H groups in total. The molecule has 0 bridgehead atoms. The van der Waals surface area contributed by atoms with Crippen LogP contribution in [0.25, 0.3) is 0 Å². The Morgan fingerprint density at radius 2 is 1.24 bits per heavy atom. The summed E-state index contributed by atoms with van der Waals surface area (Å²) in [7, 11) is 3.36. The maximum Gasteiger partial charge on any atom is 0.161 e. The number of benzene rings is 2. The number of hydrogen-bond donors (Lipinski definition) is 0. The molecule has 0 saturated carbocycles. The van der Waals surface area contributed by atoms with E-state index in [0.29, 0.717) is 0 Å². The summed E-state index contributed by atoms with van der Waals surface area (Å²) in [6, 6.07) is 15.1. The molecule has 0 spiro atoms. The molecule has 4 heteroatoms. The molecule has 0 radical (unpaired) electrons. The summed E-state index contributed by atoms with van der Waals surface area (Å²) in [6.45, 7) is 8.56. The second-order valence-corrected chi connectivity index (χ2v) is 6.73. The minimum atomic E-state index is 0.786. The zero-order chi connectivity index (χ0) is 17.6. The summed E-state index contributed by atoms with van der Waals surface area (Å²) < 4.78 is 10.7. The van der Waals surface area contributed by atoms with E-state index in [4.69, 9.17) is 9.47 Å². The third-order valence-corrected chi connectivity index (χ3v) is 4.85. The van der Waals surface area contributed by atoms with Gasteiger partial charge in [-0.15, -0.1) is 0 Å². The Morgan fingerprint density at radius 3 is 1.80 bits per heavy atom. The first kappa shape index (κ1) is 17.8. The van der Waals surface area contributed by atoms with Gasteiger partial charge in [0.1, 0.15) is 0 Å². The molecule has 1 saturated heterocycles. The monoisotopic (exact) mass is 340 g/mol. The van der Waals surface area contributed by atoms with Crippen LogP contribution in [0.1, 0.15) is 16.7 Å². The number of nitrogens with zero attached hydrogens (tertiary/aromatic N) is 2. The SMILES string of the molecule is COc1ccc(CN2CCN(Cc3ccc(C)cc3)CC2)cc1OC. The van der Waals surface area contributed by atoms with E-state index in [1.165, 1.54) is 16.7 Å². The van der Waals surface area contributed by atoms with Crippen LogP contribution in [0.4, 0.5) is 0 Å². The van der Waals surface area contributed by atoms with Crippen molar-refractivity contribution >= 4 is 0 Å². The molecule has 3 rings (SSSR count). The Kier molecular flexibility index (Phi) is 5.95. The normalized spacial score (nSPS) is 16.0. The summed E-state index contributed by atoms with van der Waals surface area (Å²) in [5.41, 5.74) is 3.99. The zero-order valence-corrected chi connectivity index (χ0v) is 15.5. The standard InChI is InChI=1S/C21H28N2O2/c1-17-4-6-18(7-5-17)15-22-10-12-23(13-11-22)16-19-8-9-20(24-2)21(14-19)25-3/h4-9,14H,10-13,15-16H2,1-3H3. The predicted molar refractivity (Wildman–Crippen MR) is 101 cm³/mol. The van der Waals surface area contributed by atoms with Gasteiger partial charge in [-0.1, -0.05) is 35.9 Å². The first-order valence-corrected chi connectivity index (χ1v) is 8.89. The maximum atomic E-state index is 5.41. The van der Waals surface area contributed by atoms with Gasteiger partial charge < -0.3 is 9.47 Å². The molecule has 0 unspecified atom stereocenters. The van der Waals surface area contributed by atoms with Crippen LogP contribution in [-0.2, 0) is 13.1 Å².